The summed E-state index contributed by atoms with van der Waals surface area (Å²) < 4.78 is 5.16. The van der Waals surface area contributed by atoms with E-state index in [0.29, 0.717) is 12.2 Å². The topological polar surface area (TPSA) is 29.5 Å². The number of hydrogen-bond acceptors (Lipinski definition) is 3. The van der Waals surface area contributed by atoms with E-state index in [2.05, 4.69) is 11.5 Å². The van der Waals surface area contributed by atoms with Gasteiger partial charge in [0.25, 0.3) is 0 Å². The van der Waals surface area contributed by atoms with E-state index in [1.165, 1.54) is 32.5 Å². The molecule has 2 bridgehead atoms. The molecule has 3 heterocycles. The van der Waals surface area contributed by atoms with E-state index in [-0.39, 0.29) is 5.97 Å². The lowest BCUT2D eigenvalue weighted by Gasteiger charge is -2.44. The van der Waals surface area contributed by atoms with E-state index in [1.807, 2.05) is 0 Å². The van der Waals surface area contributed by atoms with Crippen LogP contribution in [0.15, 0.2) is 12.2 Å². The predicted octanol–water partition coefficient (Wildman–Crippen LogP) is 1.84. The minimum atomic E-state index is -0.249. The Balaban J connectivity index is 1.70. The molecule has 0 aromatic heterocycles. The number of ether oxygens (including phenoxy) is 1. The molecule has 0 radical (unpaired) electrons. The van der Waals surface area contributed by atoms with Crippen LogP contribution in [0, 0.1) is 11.8 Å². The zero-order chi connectivity index (χ0) is 11.5. The van der Waals surface area contributed by atoms with Gasteiger partial charge in [-0.2, -0.15) is 0 Å². The Morgan fingerprint density at radius 2 is 2.12 bits per heavy atom. The molecule has 1 unspecified atom stereocenters. The molecular weight excluding hydrogens is 202 g/mol. The van der Waals surface area contributed by atoms with E-state index in [0.717, 1.165) is 18.3 Å². The number of esters is 1. The molecule has 3 fully saturated rings. The summed E-state index contributed by atoms with van der Waals surface area (Å²) in [5, 5.41) is 0. The van der Waals surface area contributed by atoms with E-state index in [9.17, 15) is 4.79 Å². The number of carbonyl (C=O) groups is 1. The predicted molar refractivity (Wildman–Crippen MR) is 63.0 cm³/mol. The fourth-order valence-corrected chi connectivity index (χ4v) is 2.84. The molecule has 90 valence electrons. The maximum atomic E-state index is 11.2. The Morgan fingerprint density at radius 1 is 1.44 bits per heavy atom. The summed E-state index contributed by atoms with van der Waals surface area (Å²) in [7, 11) is 0. The average molecular weight is 223 g/mol. The normalized spacial score (nSPS) is 32.4. The van der Waals surface area contributed by atoms with Gasteiger partial charge in [0, 0.05) is 12.1 Å². The van der Waals surface area contributed by atoms with Crippen LogP contribution in [0.2, 0.25) is 0 Å². The minimum Gasteiger partial charge on any atom is -0.462 e. The second-order valence-electron chi connectivity index (χ2n) is 5.10. The van der Waals surface area contributed by atoms with Gasteiger partial charge >= 0.3 is 5.97 Å². The summed E-state index contributed by atoms with van der Waals surface area (Å²) in [4.78, 5) is 13.7. The fraction of sp³-hybridized carbons (Fsp3) is 0.769. The van der Waals surface area contributed by atoms with Gasteiger partial charge in [0.2, 0.25) is 0 Å². The van der Waals surface area contributed by atoms with Crippen LogP contribution in [0.1, 0.15) is 26.2 Å². The van der Waals surface area contributed by atoms with E-state index >= 15 is 0 Å². The van der Waals surface area contributed by atoms with Gasteiger partial charge in [0.15, 0.2) is 0 Å². The number of nitrogens with zero attached hydrogens (tertiary/aromatic N) is 1. The first kappa shape index (κ1) is 11.6. The second-order valence-corrected chi connectivity index (χ2v) is 5.10. The molecular formula is C13H21NO2. The maximum absolute atomic E-state index is 11.2. The van der Waals surface area contributed by atoms with E-state index in [4.69, 9.17) is 4.74 Å². The van der Waals surface area contributed by atoms with Crippen molar-refractivity contribution >= 4 is 5.97 Å². The average Bonchev–Trinajstić information content (AvgIpc) is 2.30. The largest absolute Gasteiger partial charge is 0.462 e. The standard InChI is InChI=1S/C13H21NO2/c1-10(2)13(15)16-8-5-12-9-14-6-3-11(12)4-7-14/h11-12H,1,3-9H2,2H3. The Morgan fingerprint density at radius 3 is 2.62 bits per heavy atom. The van der Waals surface area contributed by atoms with Gasteiger partial charge in [0.1, 0.15) is 0 Å². The van der Waals surface area contributed by atoms with Gasteiger partial charge in [-0.05, 0) is 51.1 Å². The van der Waals surface area contributed by atoms with Crippen molar-refractivity contribution in [2.24, 2.45) is 11.8 Å². The number of rotatable bonds is 4. The second kappa shape index (κ2) is 5.00. The fourth-order valence-electron chi connectivity index (χ4n) is 2.84. The van der Waals surface area contributed by atoms with Crippen molar-refractivity contribution in [3.63, 3.8) is 0 Å². The van der Waals surface area contributed by atoms with Gasteiger partial charge in [-0.15, -0.1) is 0 Å². The summed E-state index contributed by atoms with van der Waals surface area (Å²) in [5.74, 6) is 1.36. The van der Waals surface area contributed by atoms with Crippen molar-refractivity contribution in [3.8, 4) is 0 Å². The number of fused-ring (bicyclic) bond motifs is 3. The lowest BCUT2D eigenvalue weighted by Crippen LogP contribution is -2.47. The first-order valence-electron chi connectivity index (χ1n) is 6.22. The third-order valence-electron chi connectivity index (χ3n) is 3.86. The smallest absolute Gasteiger partial charge is 0.333 e. The molecule has 0 aliphatic carbocycles. The Bertz CT molecular complexity index is 280. The van der Waals surface area contributed by atoms with Gasteiger partial charge in [0.05, 0.1) is 6.61 Å². The molecule has 0 aromatic rings. The zero-order valence-corrected chi connectivity index (χ0v) is 10.1. The van der Waals surface area contributed by atoms with Crippen molar-refractivity contribution in [2.75, 3.05) is 26.2 Å². The molecule has 0 spiro atoms. The van der Waals surface area contributed by atoms with Crippen LogP contribution in [0.3, 0.4) is 0 Å². The van der Waals surface area contributed by atoms with Gasteiger partial charge in [-0.25, -0.2) is 4.79 Å². The van der Waals surface area contributed by atoms with Crippen LogP contribution in [0.5, 0.6) is 0 Å². The molecule has 3 saturated heterocycles. The van der Waals surface area contributed by atoms with Crippen molar-refractivity contribution in [1.82, 2.24) is 4.90 Å². The van der Waals surface area contributed by atoms with Crippen LogP contribution < -0.4 is 0 Å². The first-order chi connectivity index (χ1) is 7.66. The third-order valence-corrected chi connectivity index (χ3v) is 3.86. The molecule has 3 aliphatic rings. The number of carbonyl (C=O) groups excluding carboxylic acids is 1. The summed E-state index contributed by atoms with van der Waals surface area (Å²) >= 11 is 0. The molecule has 3 rings (SSSR count). The van der Waals surface area contributed by atoms with Gasteiger partial charge in [-0.1, -0.05) is 6.58 Å². The molecule has 16 heavy (non-hydrogen) atoms. The quantitative estimate of drug-likeness (QED) is 0.538. The molecule has 0 N–H and O–H groups in total. The maximum Gasteiger partial charge on any atom is 0.333 e. The number of piperidine rings is 3. The van der Waals surface area contributed by atoms with Crippen LogP contribution in [-0.2, 0) is 9.53 Å². The summed E-state index contributed by atoms with van der Waals surface area (Å²) in [5.41, 5.74) is 0.494. The highest BCUT2D eigenvalue weighted by Gasteiger charge is 2.33. The molecule has 0 aromatic carbocycles. The molecule has 3 heteroatoms. The van der Waals surface area contributed by atoms with Crippen LogP contribution >= 0.6 is 0 Å². The minimum absolute atomic E-state index is 0.249. The molecule has 3 aliphatic heterocycles. The van der Waals surface area contributed by atoms with Crippen molar-refractivity contribution < 1.29 is 9.53 Å². The highest BCUT2D eigenvalue weighted by molar-refractivity contribution is 5.86. The Kier molecular flexibility index (Phi) is 3.64. The first-order valence-corrected chi connectivity index (χ1v) is 6.22. The number of hydrogen-bond donors (Lipinski definition) is 0. The Hall–Kier alpha value is -0.830. The lowest BCUT2D eigenvalue weighted by atomic mass is 9.78. The molecule has 3 nitrogen and oxygen atoms in total. The van der Waals surface area contributed by atoms with Crippen molar-refractivity contribution in [2.45, 2.75) is 26.2 Å². The van der Waals surface area contributed by atoms with Crippen LogP contribution in [0.4, 0.5) is 0 Å². The van der Waals surface area contributed by atoms with Gasteiger partial charge < -0.3 is 9.64 Å². The zero-order valence-electron chi connectivity index (χ0n) is 10.1. The van der Waals surface area contributed by atoms with Crippen LogP contribution in [0.25, 0.3) is 0 Å². The summed E-state index contributed by atoms with van der Waals surface area (Å²) in [6, 6.07) is 0. The summed E-state index contributed by atoms with van der Waals surface area (Å²) in [6.45, 7) is 9.57. The highest BCUT2D eigenvalue weighted by Crippen LogP contribution is 2.34. The van der Waals surface area contributed by atoms with Crippen LogP contribution in [-0.4, -0.2) is 37.1 Å². The monoisotopic (exact) mass is 223 g/mol. The molecule has 0 saturated carbocycles. The molecule has 0 amide bonds. The summed E-state index contributed by atoms with van der Waals surface area (Å²) in [6.07, 6.45) is 3.68. The lowest BCUT2D eigenvalue weighted by molar-refractivity contribution is -0.139. The van der Waals surface area contributed by atoms with E-state index in [1.54, 1.807) is 6.92 Å². The third kappa shape index (κ3) is 2.64. The molecule has 1 atom stereocenters. The van der Waals surface area contributed by atoms with Crippen molar-refractivity contribution in [3.05, 3.63) is 12.2 Å². The SMILES string of the molecule is C=C(C)C(=O)OCCC1CN2CCC1CC2. The Labute approximate surface area is 97.5 Å². The van der Waals surface area contributed by atoms with Gasteiger partial charge in [-0.3, -0.25) is 0 Å². The van der Waals surface area contributed by atoms with Crippen molar-refractivity contribution in [1.29, 1.82) is 0 Å². The highest BCUT2D eigenvalue weighted by atomic mass is 16.5. The van der Waals surface area contributed by atoms with E-state index < -0.39 is 0 Å².